The van der Waals surface area contributed by atoms with E-state index in [0.717, 1.165) is 53.5 Å². The Balaban J connectivity index is 1.31. The molecule has 160 valence electrons. The molecule has 0 fully saturated rings. The molecular weight excluding hydrogens is 416 g/mol. The highest BCUT2D eigenvalue weighted by Crippen LogP contribution is 2.43. The maximum Gasteiger partial charge on any atom is 0.191 e. The number of fused-ring (bicyclic) bond motifs is 4. The number of ether oxygens (including phenoxy) is 3. The van der Waals surface area contributed by atoms with Gasteiger partial charge in [0.1, 0.15) is 22.6 Å². The molecule has 2 aromatic carbocycles. The predicted octanol–water partition coefficient (Wildman–Crippen LogP) is 3.66. The van der Waals surface area contributed by atoms with Crippen LogP contribution in [0.15, 0.2) is 39.9 Å². The summed E-state index contributed by atoms with van der Waals surface area (Å²) in [6, 6.07) is 6.13. The number of nitrogens with one attached hydrogen (secondary N) is 2. The van der Waals surface area contributed by atoms with Gasteiger partial charge >= 0.3 is 0 Å². The van der Waals surface area contributed by atoms with Crippen LogP contribution < -0.4 is 24.4 Å². The Morgan fingerprint density at radius 2 is 2.16 bits per heavy atom. The molecule has 0 atom stereocenters. The summed E-state index contributed by atoms with van der Waals surface area (Å²) in [4.78, 5) is 0.931. The average Bonchev–Trinajstić information content (AvgIpc) is 3.58. The molecule has 4 heterocycles. The molecule has 3 aromatic rings. The van der Waals surface area contributed by atoms with Crippen LogP contribution in [0.4, 0.5) is 5.82 Å². The Labute approximate surface area is 183 Å². The van der Waals surface area contributed by atoms with Gasteiger partial charge in [-0.3, -0.25) is 0 Å². The van der Waals surface area contributed by atoms with Gasteiger partial charge in [0.15, 0.2) is 11.4 Å². The average molecular weight is 439 g/mol. The predicted molar refractivity (Wildman–Crippen MR) is 118 cm³/mol. The second-order valence-electron chi connectivity index (χ2n) is 7.63. The molecule has 0 unspecified atom stereocenters. The maximum atomic E-state index is 6.02. The van der Waals surface area contributed by atoms with Gasteiger partial charge in [-0.1, -0.05) is 11.2 Å². The minimum atomic E-state index is 0.646. The summed E-state index contributed by atoms with van der Waals surface area (Å²) in [5, 5.41) is 7.24. The first kappa shape index (κ1) is 18.7. The molecule has 9 heteroatoms. The monoisotopic (exact) mass is 438 g/mol. The van der Waals surface area contributed by atoms with Crippen molar-refractivity contribution in [2.45, 2.75) is 24.3 Å². The molecular formula is C22H22N4O4S. The number of hydrogen-bond acceptors (Lipinski definition) is 9. The zero-order chi connectivity index (χ0) is 20.8. The van der Waals surface area contributed by atoms with Crippen LogP contribution in [-0.4, -0.2) is 37.0 Å². The number of rotatable bonds is 6. The lowest BCUT2D eigenvalue weighted by Gasteiger charge is -2.18. The third kappa shape index (κ3) is 3.24. The van der Waals surface area contributed by atoms with E-state index in [4.69, 9.17) is 18.7 Å². The molecule has 1 aromatic heterocycles. The van der Waals surface area contributed by atoms with Crippen molar-refractivity contribution in [3.63, 3.8) is 0 Å². The van der Waals surface area contributed by atoms with Crippen LogP contribution in [0.1, 0.15) is 16.7 Å². The SMILES string of the molecule is COc1cc2c(cc1SNc1noc3cc(CN4C=CCN4)c4c(c13)OCC4)OCC2. The molecule has 0 bridgehead atoms. The van der Waals surface area contributed by atoms with Crippen molar-refractivity contribution in [2.24, 2.45) is 0 Å². The van der Waals surface area contributed by atoms with Crippen molar-refractivity contribution < 1.29 is 18.7 Å². The number of aromatic nitrogens is 1. The van der Waals surface area contributed by atoms with Gasteiger partial charge in [0.25, 0.3) is 0 Å². The largest absolute Gasteiger partial charge is 0.496 e. The summed E-state index contributed by atoms with van der Waals surface area (Å²) in [5.41, 5.74) is 7.61. The molecule has 8 nitrogen and oxygen atoms in total. The van der Waals surface area contributed by atoms with Crippen molar-refractivity contribution in [1.82, 2.24) is 15.6 Å². The van der Waals surface area contributed by atoms with Crippen LogP contribution >= 0.6 is 11.9 Å². The van der Waals surface area contributed by atoms with E-state index >= 15 is 0 Å². The molecule has 0 radical (unpaired) electrons. The van der Waals surface area contributed by atoms with Gasteiger partial charge < -0.3 is 28.5 Å². The van der Waals surface area contributed by atoms with Crippen molar-refractivity contribution in [3.05, 3.63) is 47.2 Å². The smallest absolute Gasteiger partial charge is 0.191 e. The quantitative estimate of drug-likeness (QED) is 0.560. The van der Waals surface area contributed by atoms with Gasteiger partial charge in [0.05, 0.1) is 31.8 Å². The normalized spacial score (nSPS) is 16.4. The van der Waals surface area contributed by atoms with Gasteiger partial charge in [-0.05, 0) is 35.7 Å². The second kappa shape index (κ2) is 7.58. The molecule has 0 amide bonds. The fourth-order valence-corrected chi connectivity index (χ4v) is 5.04. The molecule has 3 aliphatic rings. The van der Waals surface area contributed by atoms with Crippen LogP contribution in [0.5, 0.6) is 17.2 Å². The van der Waals surface area contributed by atoms with Crippen molar-refractivity contribution >= 4 is 28.7 Å². The lowest BCUT2D eigenvalue weighted by atomic mass is 10.0. The van der Waals surface area contributed by atoms with E-state index in [1.54, 1.807) is 7.11 Å². The number of anilines is 1. The van der Waals surface area contributed by atoms with E-state index in [9.17, 15) is 0 Å². The molecule has 2 N–H and O–H groups in total. The number of nitrogens with zero attached hydrogens (tertiary/aromatic N) is 2. The van der Waals surface area contributed by atoms with Crippen LogP contribution in [0.25, 0.3) is 11.0 Å². The molecule has 0 saturated heterocycles. The standard InChI is InChI=1S/C22H22N4O4S/c1-27-17-9-13-3-7-28-16(13)11-19(17)31-25-22-20-18(30-24-22)10-14(12-26-6-2-5-23-26)15-4-8-29-21(15)20/h2,6,9-11,23H,3-5,7-8,12H2,1H3,(H,24,25). The van der Waals surface area contributed by atoms with E-state index < -0.39 is 0 Å². The fourth-order valence-electron chi connectivity index (χ4n) is 4.28. The van der Waals surface area contributed by atoms with E-state index in [0.29, 0.717) is 24.6 Å². The first-order chi connectivity index (χ1) is 15.3. The van der Waals surface area contributed by atoms with Gasteiger partial charge in [-0.25, -0.2) is 5.43 Å². The Hall–Kier alpha value is -3.04. The molecule has 0 aliphatic carbocycles. The van der Waals surface area contributed by atoms with Gasteiger partial charge in [-0.15, -0.1) is 0 Å². The van der Waals surface area contributed by atoms with Crippen LogP contribution in [-0.2, 0) is 19.4 Å². The molecule has 6 rings (SSSR count). The zero-order valence-corrected chi connectivity index (χ0v) is 17.9. The summed E-state index contributed by atoms with van der Waals surface area (Å²) >= 11 is 1.43. The number of benzene rings is 2. The van der Waals surface area contributed by atoms with E-state index in [2.05, 4.69) is 38.7 Å². The lowest BCUT2D eigenvalue weighted by Crippen LogP contribution is -2.28. The van der Waals surface area contributed by atoms with Gasteiger partial charge in [0, 0.05) is 36.7 Å². The lowest BCUT2D eigenvalue weighted by molar-refractivity contribution is 0.298. The maximum absolute atomic E-state index is 6.02. The third-order valence-electron chi connectivity index (χ3n) is 5.78. The van der Waals surface area contributed by atoms with Gasteiger partial charge in [-0.2, -0.15) is 0 Å². The second-order valence-corrected chi connectivity index (χ2v) is 8.48. The number of methoxy groups -OCH3 is 1. The topological polar surface area (TPSA) is 81.0 Å². The highest BCUT2D eigenvalue weighted by molar-refractivity contribution is 8.00. The van der Waals surface area contributed by atoms with E-state index in [1.165, 1.54) is 28.6 Å². The number of hydrazine groups is 1. The molecule has 31 heavy (non-hydrogen) atoms. The highest BCUT2D eigenvalue weighted by atomic mass is 32.2. The number of hydrogen-bond donors (Lipinski definition) is 2. The zero-order valence-electron chi connectivity index (χ0n) is 17.1. The third-order valence-corrected chi connectivity index (χ3v) is 6.62. The van der Waals surface area contributed by atoms with Crippen LogP contribution in [0.2, 0.25) is 0 Å². The molecule has 0 saturated carbocycles. The Morgan fingerprint density at radius 1 is 1.23 bits per heavy atom. The molecule has 0 spiro atoms. The fraction of sp³-hybridized carbons (Fsp3) is 0.318. The van der Waals surface area contributed by atoms with Crippen LogP contribution in [0, 0.1) is 0 Å². The summed E-state index contributed by atoms with van der Waals surface area (Å²) < 4.78 is 26.3. The van der Waals surface area contributed by atoms with Gasteiger partial charge in [0.2, 0.25) is 0 Å². The minimum absolute atomic E-state index is 0.646. The van der Waals surface area contributed by atoms with Crippen LogP contribution in [0.3, 0.4) is 0 Å². The van der Waals surface area contributed by atoms with E-state index in [-0.39, 0.29) is 0 Å². The van der Waals surface area contributed by atoms with E-state index in [1.807, 2.05) is 12.1 Å². The Kier molecular flexibility index (Phi) is 4.57. The Morgan fingerprint density at radius 3 is 3.03 bits per heavy atom. The summed E-state index contributed by atoms with van der Waals surface area (Å²) in [7, 11) is 1.68. The Bertz CT molecular complexity index is 1190. The van der Waals surface area contributed by atoms with Crippen molar-refractivity contribution in [3.8, 4) is 17.2 Å². The minimum Gasteiger partial charge on any atom is -0.496 e. The first-order valence-electron chi connectivity index (χ1n) is 10.3. The first-order valence-corrected chi connectivity index (χ1v) is 11.1. The highest BCUT2D eigenvalue weighted by Gasteiger charge is 2.26. The molecule has 3 aliphatic heterocycles. The summed E-state index contributed by atoms with van der Waals surface area (Å²) in [6.45, 7) is 2.98. The van der Waals surface area contributed by atoms with Crippen molar-refractivity contribution in [2.75, 3.05) is 31.6 Å². The summed E-state index contributed by atoms with van der Waals surface area (Å²) in [6.07, 6.45) is 5.95. The van der Waals surface area contributed by atoms with Crippen molar-refractivity contribution in [1.29, 1.82) is 0 Å². The summed E-state index contributed by atoms with van der Waals surface area (Å²) in [5.74, 6) is 3.23.